The Morgan fingerprint density at radius 1 is 0.845 bits per heavy atom. The minimum atomic E-state index is -5.58. The highest BCUT2D eigenvalue weighted by Gasteiger charge is 2.50. The molecule has 0 aliphatic carbocycles. The topological polar surface area (TPSA) is 364 Å². The lowest BCUT2D eigenvalue weighted by Crippen LogP contribution is -2.46. The molecule has 7 atom stereocenters. The van der Waals surface area contributed by atoms with Gasteiger partial charge in [-0.25, -0.2) is 28.6 Å². The van der Waals surface area contributed by atoms with Gasteiger partial charge in [0.2, 0.25) is 11.8 Å². The summed E-state index contributed by atoms with van der Waals surface area (Å²) in [6, 6.07) is 0. The quantitative estimate of drug-likeness (QED) is 0.0203. The maximum Gasteiger partial charge on any atom is 0.481 e. The second-order valence-corrected chi connectivity index (χ2v) is 23.4. The predicted octanol–water partition coefficient (Wildman–Crippen LogP) is 6.26. The molecular weight excluding hydrogens is 1010 g/mol. The molecule has 1 aliphatic heterocycles. The molecule has 2 unspecified atom stereocenters. The highest BCUT2D eigenvalue weighted by molar-refractivity contribution is 8.13. The van der Waals surface area contributed by atoms with Gasteiger partial charge >= 0.3 is 23.5 Å². The van der Waals surface area contributed by atoms with Crippen LogP contribution >= 0.6 is 35.2 Å². The van der Waals surface area contributed by atoms with Crippen molar-refractivity contribution < 1.29 is 80.5 Å². The number of imidazole rings is 1. The number of aliphatic hydroxyl groups excluding tert-OH is 2. The van der Waals surface area contributed by atoms with E-state index in [1.807, 2.05) is 0 Å². The van der Waals surface area contributed by atoms with E-state index in [-0.39, 0.29) is 41.6 Å². The second kappa shape index (κ2) is 31.9. The number of nitrogen functional groups attached to an aromatic ring is 1. The largest absolute Gasteiger partial charge is 0.481 e. The van der Waals surface area contributed by atoms with Crippen LogP contribution in [0.1, 0.15) is 149 Å². The Hall–Kier alpha value is -2.70. The molecule has 1 saturated heterocycles. The number of aliphatic hydroxyl groups is 2. The maximum atomic E-state index is 12.8. The number of amides is 2. The van der Waals surface area contributed by atoms with Gasteiger partial charge in [0.15, 0.2) is 22.8 Å². The Bertz CT molecular complexity index is 2120. The number of phosphoric acid groups is 3. The zero-order valence-corrected chi connectivity index (χ0v) is 44.5. The van der Waals surface area contributed by atoms with E-state index in [1.54, 1.807) is 0 Å². The summed E-state index contributed by atoms with van der Waals surface area (Å²) in [6.45, 7) is 2.82. The van der Waals surface area contributed by atoms with Crippen molar-refractivity contribution in [2.45, 2.75) is 173 Å². The SMILES string of the molecule is CCCCCCCC/C=C\CCCCCCCCCCCC(=O)SCCNC(=O)CCNC(=O)[C@H](O)C(C)(C)COP(=O)(O)OP(=O)(O)OC[C@H]1O[C@@H](n2cnc3c(N)ncnc32)[C@H](O)[C@@H]1OP(=O)(O)O. The molecule has 2 aromatic rings. The maximum absolute atomic E-state index is 12.8. The van der Waals surface area contributed by atoms with Gasteiger partial charge in [-0.15, -0.1) is 0 Å². The molecule has 28 heteroatoms. The molecule has 71 heavy (non-hydrogen) atoms. The van der Waals surface area contributed by atoms with Crippen molar-refractivity contribution in [2.24, 2.45) is 5.41 Å². The number of carbonyl (C=O) groups is 3. The monoisotopic (exact) mass is 1090 g/mol. The van der Waals surface area contributed by atoms with E-state index in [0.717, 1.165) is 48.2 Å². The van der Waals surface area contributed by atoms with Crippen LogP contribution in [0.3, 0.4) is 0 Å². The Morgan fingerprint density at radius 3 is 2.06 bits per heavy atom. The Morgan fingerprint density at radius 2 is 1.44 bits per heavy atom. The van der Waals surface area contributed by atoms with Crippen molar-refractivity contribution in [1.29, 1.82) is 0 Å². The molecule has 2 aromatic heterocycles. The van der Waals surface area contributed by atoms with Gasteiger partial charge in [0.25, 0.3) is 0 Å². The summed E-state index contributed by atoms with van der Waals surface area (Å²) in [4.78, 5) is 88.5. The standard InChI is InChI=1S/C43H76N7O17P3S/c1-4-5-6-7-8-9-10-11-12-13-14-15-16-17-18-19-20-21-22-23-34(52)71-27-26-45-33(51)24-25-46-41(55)38(54)43(2,3)29-64-70(61,62)67-69(59,60)63-28-32-37(66-68(56,57)58)36(53)42(65-32)50-31-49-35-39(44)47-30-48-40(35)50/h11-12,30-32,36-38,42,53-54H,4-10,13-29H2,1-3H3,(H,45,51)(H,46,55)(H,59,60)(H,61,62)(H2,44,47,48)(H2,56,57,58)/b12-11-/t32-,36-,37-,38+,42-/m1/s1. The van der Waals surface area contributed by atoms with Crippen LogP contribution in [0.4, 0.5) is 5.82 Å². The third-order valence-electron chi connectivity index (χ3n) is 11.4. The molecule has 0 aromatic carbocycles. The molecule has 3 rings (SSSR count). The summed E-state index contributed by atoms with van der Waals surface area (Å²) in [5, 5.41) is 26.7. The van der Waals surface area contributed by atoms with E-state index >= 15 is 0 Å². The third kappa shape index (κ3) is 24.5. The van der Waals surface area contributed by atoms with Crippen LogP contribution in [0.15, 0.2) is 24.8 Å². The first-order chi connectivity index (χ1) is 33.6. The fourth-order valence-corrected chi connectivity index (χ4v) is 11.0. The minimum Gasteiger partial charge on any atom is -0.386 e. The summed E-state index contributed by atoms with van der Waals surface area (Å²) >= 11 is 1.16. The smallest absolute Gasteiger partial charge is 0.386 e. The van der Waals surface area contributed by atoms with Gasteiger partial charge in [0.05, 0.1) is 19.5 Å². The number of allylic oxidation sites excluding steroid dienone is 2. The molecule has 2 amide bonds. The van der Waals surface area contributed by atoms with Crippen LogP contribution in [0.5, 0.6) is 0 Å². The molecule has 1 aliphatic rings. The molecule has 3 heterocycles. The van der Waals surface area contributed by atoms with Gasteiger partial charge < -0.3 is 50.9 Å². The van der Waals surface area contributed by atoms with Crippen molar-refractivity contribution in [2.75, 3.05) is 37.8 Å². The summed E-state index contributed by atoms with van der Waals surface area (Å²) in [7, 11) is -16.4. The first kappa shape index (κ1) is 62.6. The average molecular weight is 1090 g/mol. The number of aromatic nitrogens is 4. The summed E-state index contributed by atoms with van der Waals surface area (Å²) < 4.78 is 62.5. The lowest BCUT2D eigenvalue weighted by atomic mass is 9.87. The van der Waals surface area contributed by atoms with Gasteiger partial charge in [-0.1, -0.05) is 122 Å². The van der Waals surface area contributed by atoms with Crippen LogP contribution < -0.4 is 16.4 Å². The van der Waals surface area contributed by atoms with Crippen LogP contribution in [0, 0.1) is 5.41 Å². The number of phosphoric ester groups is 3. The third-order valence-corrected chi connectivity index (χ3v) is 15.4. The van der Waals surface area contributed by atoms with Crippen LogP contribution in [0.2, 0.25) is 0 Å². The summed E-state index contributed by atoms with van der Waals surface area (Å²) in [5.41, 5.74) is 4.29. The zero-order valence-electron chi connectivity index (χ0n) is 41.0. The minimum absolute atomic E-state index is 0.0337. The molecule has 1 fully saturated rings. The first-order valence-electron chi connectivity index (χ1n) is 24.3. The molecule has 0 spiro atoms. The van der Waals surface area contributed by atoms with Gasteiger partial charge in [-0.2, -0.15) is 4.31 Å². The van der Waals surface area contributed by atoms with E-state index in [0.29, 0.717) is 12.2 Å². The van der Waals surface area contributed by atoms with Crippen molar-refractivity contribution in [3.8, 4) is 0 Å². The van der Waals surface area contributed by atoms with Gasteiger partial charge in [0, 0.05) is 37.1 Å². The van der Waals surface area contributed by atoms with Gasteiger partial charge in [-0.05, 0) is 32.1 Å². The van der Waals surface area contributed by atoms with Gasteiger partial charge in [0.1, 0.15) is 36.3 Å². The number of carbonyl (C=O) groups excluding carboxylic acids is 3. The summed E-state index contributed by atoms with van der Waals surface area (Å²) in [6.07, 6.45) is 19.1. The van der Waals surface area contributed by atoms with Crippen LogP contribution in [0.25, 0.3) is 11.2 Å². The lowest BCUT2D eigenvalue weighted by molar-refractivity contribution is -0.137. The van der Waals surface area contributed by atoms with Gasteiger partial charge in [-0.3, -0.25) is 32.5 Å². The summed E-state index contributed by atoms with van der Waals surface area (Å²) in [5.74, 6) is -1.02. The number of hydrogen-bond donors (Lipinski definition) is 9. The van der Waals surface area contributed by atoms with E-state index in [1.165, 1.54) is 104 Å². The molecule has 24 nitrogen and oxygen atoms in total. The molecular formula is C43H76N7O17P3S. The van der Waals surface area contributed by atoms with Crippen molar-refractivity contribution in [1.82, 2.24) is 30.2 Å². The first-order valence-corrected chi connectivity index (χ1v) is 29.8. The Balaban J connectivity index is 1.25. The van der Waals surface area contributed by atoms with E-state index in [4.69, 9.17) is 19.5 Å². The molecule has 406 valence electrons. The molecule has 0 saturated carbocycles. The number of nitrogens with zero attached hydrogens (tertiary/aromatic N) is 4. The molecule has 0 radical (unpaired) electrons. The number of fused-ring (bicyclic) bond motifs is 1. The van der Waals surface area contributed by atoms with Crippen LogP contribution in [-0.2, 0) is 50.7 Å². The number of rotatable bonds is 38. The number of nitrogens with two attached hydrogens (primary N) is 1. The Labute approximate surface area is 419 Å². The fraction of sp³-hybridized carbons (Fsp3) is 0.767. The zero-order chi connectivity index (χ0) is 52.5. The fourth-order valence-electron chi connectivity index (χ4n) is 7.41. The van der Waals surface area contributed by atoms with Crippen molar-refractivity contribution in [3.63, 3.8) is 0 Å². The lowest BCUT2D eigenvalue weighted by Gasteiger charge is -2.30. The van der Waals surface area contributed by atoms with E-state index in [9.17, 15) is 57.9 Å². The average Bonchev–Trinajstić information content (AvgIpc) is 3.86. The molecule has 0 bridgehead atoms. The van der Waals surface area contributed by atoms with E-state index < -0.39 is 84.6 Å². The number of unbranched alkanes of at least 4 members (excludes halogenated alkanes) is 15. The number of hydrogen-bond acceptors (Lipinski definition) is 18. The Kier molecular flexibility index (Phi) is 28.1. The van der Waals surface area contributed by atoms with Crippen LogP contribution in [-0.4, -0.2) is 123 Å². The number of nitrogens with one attached hydrogen (secondary N) is 2. The highest BCUT2D eigenvalue weighted by atomic mass is 32.2. The highest BCUT2D eigenvalue weighted by Crippen LogP contribution is 2.61. The number of anilines is 1. The normalized spacial score (nSPS) is 19.7. The van der Waals surface area contributed by atoms with E-state index in [2.05, 4.69) is 53.5 Å². The predicted molar refractivity (Wildman–Crippen MR) is 265 cm³/mol. The number of ether oxygens (including phenoxy) is 1. The molecule has 10 N–H and O–H groups in total. The number of thioether (sulfide) groups is 1. The second-order valence-electron chi connectivity index (χ2n) is 18.0. The van der Waals surface area contributed by atoms with Crippen molar-refractivity contribution >= 4 is 69.1 Å². The van der Waals surface area contributed by atoms with Crippen molar-refractivity contribution in [3.05, 3.63) is 24.8 Å².